The molecule has 2 fully saturated rings. The highest BCUT2D eigenvalue weighted by atomic mass is 16.5. The standard InChI is InChI=1S/C11H22N2O/c1-10-2-5-13(8-10)9-11(12)3-6-14-7-4-11/h10H,2-9,12H2,1H3. The van der Waals surface area contributed by atoms with Crippen LogP contribution in [0, 0.1) is 5.92 Å². The van der Waals surface area contributed by atoms with Crippen molar-refractivity contribution in [2.75, 3.05) is 32.8 Å². The van der Waals surface area contributed by atoms with Crippen LogP contribution in [0.3, 0.4) is 0 Å². The van der Waals surface area contributed by atoms with E-state index in [9.17, 15) is 0 Å². The van der Waals surface area contributed by atoms with Crippen LogP contribution in [0.15, 0.2) is 0 Å². The van der Waals surface area contributed by atoms with Crippen LogP contribution >= 0.6 is 0 Å². The van der Waals surface area contributed by atoms with Crippen LogP contribution < -0.4 is 5.73 Å². The Hall–Kier alpha value is -0.120. The van der Waals surface area contributed by atoms with Gasteiger partial charge < -0.3 is 15.4 Å². The van der Waals surface area contributed by atoms with Crippen LogP contribution in [0.5, 0.6) is 0 Å². The van der Waals surface area contributed by atoms with Crippen LogP contribution in [0.1, 0.15) is 26.2 Å². The average molecular weight is 198 g/mol. The Morgan fingerprint density at radius 3 is 2.71 bits per heavy atom. The van der Waals surface area contributed by atoms with E-state index in [0.29, 0.717) is 0 Å². The van der Waals surface area contributed by atoms with Crippen molar-refractivity contribution in [1.82, 2.24) is 4.90 Å². The Kier molecular flexibility index (Phi) is 3.10. The lowest BCUT2D eigenvalue weighted by Crippen LogP contribution is -2.53. The first-order valence-electron chi connectivity index (χ1n) is 5.77. The lowest BCUT2D eigenvalue weighted by atomic mass is 9.91. The Morgan fingerprint density at radius 1 is 1.43 bits per heavy atom. The Morgan fingerprint density at radius 2 is 2.14 bits per heavy atom. The molecule has 14 heavy (non-hydrogen) atoms. The fourth-order valence-electron chi connectivity index (χ4n) is 2.55. The maximum atomic E-state index is 6.36. The summed E-state index contributed by atoms with van der Waals surface area (Å²) in [7, 11) is 0. The molecule has 0 radical (unpaired) electrons. The van der Waals surface area contributed by atoms with Crippen molar-refractivity contribution >= 4 is 0 Å². The average Bonchev–Trinajstić information content (AvgIpc) is 2.51. The largest absolute Gasteiger partial charge is 0.381 e. The van der Waals surface area contributed by atoms with Crippen LogP contribution in [0.25, 0.3) is 0 Å². The van der Waals surface area contributed by atoms with Crippen molar-refractivity contribution in [3.63, 3.8) is 0 Å². The molecule has 2 aliphatic heterocycles. The molecule has 0 spiro atoms. The summed E-state index contributed by atoms with van der Waals surface area (Å²) in [6.45, 7) is 7.56. The first-order valence-corrected chi connectivity index (χ1v) is 5.77. The van der Waals surface area contributed by atoms with Gasteiger partial charge in [0.25, 0.3) is 0 Å². The van der Waals surface area contributed by atoms with E-state index in [1.54, 1.807) is 0 Å². The summed E-state index contributed by atoms with van der Waals surface area (Å²) < 4.78 is 5.35. The first kappa shape index (κ1) is 10.4. The SMILES string of the molecule is CC1CCN(CC2(N)CCOCC2)C1. The van der Waals surface area contributed by atoms with Gasteiger partial charge in [-0.3, -0.25) is 0 Å². The van der Waals surface area contributed by atoms with Gasteiger partial charge >= 0.3 is 0 Å². The van der Waals surface area contributed by atoms with Gasteiger partial charge in [-0.25, -0.2) is 0 Å². The van der Waals surface area contributed by atoms with Gasteiger partial charge in [0, 0.05) is 31.8 Å². The number of likely N-dealkylation sites (tertiary alicyclic amines) is 1. The lowest BCUT2D eigenvalue weighted by Gasteiger charge is -2.36. The maximum Gasteiger partial charge on any atom is 0.0484 e. The van der Waals surface area contributed by atoms with E-state index in [1.807, 2.05) is 0 Å². The van der Waals surface area contributed by atoms with Crippen molar-refractivity contribution in [3.05, 3.63) is 0 Å². The van der Waals surface area contributed by atoms with Crippen molar-refractivity contribution in [2.45, 2.75) is 31.7 Å². The van der Waals surface area contributed by atoms with Crippen molar-refractivity contribution in [1.29, 1.82) is 0 Å². The molecule has 3 nitrogen and oxygen atoms in total. The van der Waals surface area contributed by atoms with Crippen LogP contribution in [0.4, 0.5) is 0 Å². The fraction of sp³-hybridized carbons (Fsp3) is 1.00. The molecule has 0 amide bonds. The molecule has 82 valence electrons. The summed E-state index contributed by atoms with van der Waals surface area (Å²) in [4.78, 5) is 2.52. The van der Waals surface area contributed by atoms with Crippen LogP contribution in [0.2, 0.25) is 0 Å². The number of ether oxygens (including phenoxy) is 1. The maximum absolute atomic E-state index is 6.36. The van der Waals surface area contributed by atoms with Gasteiger partial charge in [0.15, 0.2) is 0 Å². The van der Waals surface area contributed by atoms with Gasteiger partial charge in [0.05, 0.1) is 0 Å². The molecule has 2 N–H and O–H groups in total. The molecular formula is C11H22N2O. The molecule has 3 heteroatoms. The molecule has 0 bridgehead atoms. The zero-order valence-electron chi connectivity index (χ0n) is 9.17. The summed E-state index contributed by atoms with van der Waals surface area (Å²) >= 11 is 0. The number of nitrogens with zero attached hydrogens (tertiary/aromatic N) is 1. The number of hydrogen-bond donors (Lipinski definition) is 1. The minimum absolute atomic E-state index is 0.0301. The molecule has 2 heterocycles. The fourth-order valence-corrected chi connectivity index (χ4v) is 2.55. The zero-order valence-corrected chi connectivity index (χ0v) is 9.17. The summed E-state index contributed by atoms with van der Waals surface area (Å²) in [5.41, 5.74) is 6.39. The van der Waals surface area contributed by atoms with Gasteiger partial charge in [-0.2, -0.15) is 0 Å². The smallest absolute Gasteiger partial charge is 0.0484 e. The van der Waals surface area contributed by atoms with Crippen molar-refractivity contribution in [3.8, 4) is 0 Å². The molecule has 0 aromatic carbocycles. The monoisotopic (exact) mass is 198 g/mol. The van der Waals surface area contributed by atoms with E-state index >= 15 is 0 Å². The Labute approximate surface area is 86.6 Å². The Bertz CT molecular complexity index is 190. The van der Waals surface area contributed by atoms with Crippen molar-refractivity contribution < 1.29 is 4.74 Å². The molecule has 1 atom stereocenters. The van der Waals surface area contributed by atoms with Gasteiger partial charge in [-0.05, 0) is 31.7 Å². The van der Waals surface area contributed by atoms with E-state index < -0.39 is 0 Å². The number of hydrogen-bond acceptors (Lipinski definition) is 3. The molecule has 0 saturated carbocycles. The van der Waals surface area contributed by atoms with E-state index in [0.717, 1.165) is 38.5 Å². The molecule has 0 aliphatic carbocycles. The third-order valence-electron chi connectivity index (χ3n) is 3.54. The van der Waals surface area contributed by atoms with Gasteiger partial charge in [-0.15, -0.1) is 0 Å². The summed E-state index contributed by atoms with van der Waals surface area (Å²) in [6, 6.07) is 0. The topological polar surface area (TPSA) is 38.5 Å². The third-order valence-corrected chi connectivity index (χ3v) is 3.54. The third kappa shape index (κ3) is 2.47. The van der Waals surface area contributed by atoms with Crippen LogP contribution in [-0.2, 0) is 4.74 Å². The second-order valence-electron chi connectivity index (χ2n) is 5.10. The minimum atomic E-state index is 0.0301. The van der Waals surface area contributed by atoms with Gasteiger partial charge in [-0.1, -0.05) is 6.92 Å². The van der Waals surface area contributed by atoms with E-state index in [1.165, 1.54) is 19.5 Å². The normalized spacial score (nSPS) is 33.4. The van der Waals surface area contributed by atoms with E-state index in [2.05, 4.69) is 11.8 Å². The summed E-state index contributed by atoms with van der Waals surface area (Å²) in [6.07, 6.45) is 3.39. The van der Waals surface area contributed by atoms with Crippen molar-refractivity contribution in [2.24, 2.45) is 11.7 Å². The van der Waals surface area contributed by atoms with E-state index in [-0.39, 0.29) is 5.54 Å². The highest BCUT2D eigenvalue weighted by Gasteiger charge is 2.32. The van der Waals surface area contributed by atoms with Gasteiger partial charge in [0.2, 0.25) is 0 Å². The predicted molar refractivity (Wildman–Crippen MR) is 57.2 cm³/mol. The second-order valence-corrected chi connectivity index (χ2v) is 5.10. The van der Waals surface area contributed by atoms with Crippen LogP contribution in [-0.4, -0.2) is 43.3 Å². The molecule has 2 aliphatic rings. The number of rotatable bonds is 2. The van der Waals surface area contributed by atoms with Gasteiger partial charge in [0.1, 0.15) is 0 Å². The minimum Gasteiger partial charge on any atom is -0.381 e. The van der Waals surface area contributed by atoms with E-state index in [4.69, 9.17) is 10.5 Å². The highest BCUT2D eigenvalue weighted by molar-refractivity contribution is 4.91. The quantitative estimate of drug-likeness (QED) is 0.714. The molecule has 2 saturated heterocycles. The number of nitrogens with two attached hydrogens (primary N) is 1. The lowest BCUT2D eigenvalue weighted by molar-refractivity contribution is 0.0405. The second kappa shape index (κ2) is 4.17. The zero-order chi connectivity index (χ0) is 10.0. The first-order chi connectivity index (χ1) is 6.68. The highest BCUT2D eigenvalue weighted by Crippen LogP contribution is 2.23. The molecular weight excluding hydrogens is 176 g/mol. The molecule has 1 unspecified atom stereocenters. The summed E-state index contributed by atoms with van der Waals surface area (Å²) in [5.74, 6) is 0.860. The predicted octanol–water partition coefficient (Wildman–Crippen LogP) is 0.836. The molecule has 0 aromatic heterocycles. The molecule has 2 rings (SSSR count). The molecule has 0 aromatic rings. The summed E-state index contributed by atoms with van der Waals surface area (Å²) in [5, 5.41) is 0. The Balaban J connectivity index is 1.83.